The van der Waals surface area contributed by atoms with Crippen molar-refractivity contribution in [3.05, 3.63) is 68.8 Å². The number of phenolic OH excluding ortho intramolecular Hbond substituents is 2. The van der Waals surface area contributed by atoms with Crippen LogP contribution in [0.2, 0.25) is 0 Å². The number of allylic oxidation sites excluding steroid dienone is 2. The molecule has 0 fully saturated rings. The van der Waals surface area contributed by atoms with Gasteiger partial charge in [-0.25, -0.2) is 0 Å². The molecule has 0 aliphatic heterocycles. The molecule has 2 aromatic rings. The van der Waals surface area contributed by atoms with Crippen molar-refractivity contribution in [2.45, 2.75) is 12.8 Å². The lowest BCUT2D eigenvalue weighted by atomic mass is 9.79. The molecule has 4 nitrogen and oxygen atoms in total. The first-order valence-electron chi connectivity index (χ1n) is 7.13. The van der Waals surface area contributed by atoms with E-state index in [1.807, 2.05) is 0 Å². The molecule has 2 aromatic carbocycles. The maximum Gasteiger partial charge on any atom is 0.198 e. The van der Waals surface area contributed by atoms with Crippen LogP contribution in [0.15, 0.2) is 35.4 Å². The molecular weight excluding hydrogens is 316 g/mol. The summed E-state index contributed by atoms with van der Waals surface area (Å²) in [6.45, 7) is 0. The molecule has 2 aliphatic carbocycles. The molecule has 0 radical (unpaired) electrons. The van der Waals surface area contributed by atoms with Gasteiger partial charge in [-0.1, -0.05) is 41.9 Å². The minimum Gasteiger partial charge on any atom is -0.507 e. The Kier molecular flexibility index (Phi) is 2.87. The van der Waals surface area contributed by atoms with E-state index in [4.69, 9.17) is 11.6 Å². The van der Waals surface area contributed by atoms with Gasteiger partial charge in [0.25, 0.3) is 0 Å². The van der Waals surface area contributed by atoms with Crippen LogP contribution in [0, 0.1) is 0 Å². The average Bonchev–Trinajstić information content (AvgIpc) is 2.56. The lowest BCUT2D eigenvalue weighted by Gasteiger charge is -2.25. The first-order chi connectivity index (χ1) is 11.0. The first kappa shape index (κ1) is 14.0. The van der Waals surface area contributed by atoms with Crippen molar-refractivity contribution < 1.29 is 19.8 Å². The van der Waals surface area contributed by atoms with E-state index in [0.717, 1.165) is 0 Å². The van der Waals surface area contributed by atoms with Crippen LogP contribution in [-0.2, 0) is 12.8 Å². The fraction of sp³-hybridized carbons (Fsp3) is 0.111. The zero-order chi connectivity index (χ0) is 16.3. The van der Waals surface area contributed by atoms with Gasteiger partial charge in [0.15, 0.2) is 11.6 Å². The molecular formula is C18H11ClO4. The van der Waals surface area contributed by atoms with Gasteiger partial charge < -0.3 is 10.2 Å². The summed E-state index contributed by atoms with van der Waals surface area (Å²) >= 11 is 6.01. The molecule has 0 aromatic heterocycles. The van der Waals surface area contributed by atoms with Crippen LogP contribution in [0.4, 0.5) is 0 Å². The first-order valence-corrected chi connectivity index (χ1v) is 7.51. The number of ketones is 2. The Morgan fingerprint density at radius 2 is 1.39 bits per heavy atom. The highest BCUT2D eigenvalue weighted by molar-refractivity contribution is 6.31. The predicted octanol–water partition coefficient (Wildman–Crippen LogP) is 3.09. The van der Waals surface area contributed by atoms with Gasteiger partial charge in [-0.3, -0.25) is 9.59 Å². The Bertz CT molecular complexity index is 941. The molecule has 0 heterocycles. The zero-order valence-corrected chi connectivity index (χ0v) is 12.6. The molecule has 0 unspecified atom stereocenters. The summed E-state index contributed by atoms with van der Waals surface area (Å²) in [5.41, 5.74) is 1.09. The Morgan fingerprint density at radius 1 is 0.870 bits per heavy atom. The lowest BCUT2D eigenvalue weighted by Crippen LogP contribution is -2.23. The van der Waals surface area contributed by atoms with Gasteiger partial charge in [0.2, 0.25) is 0 Å². The van der Waals surface area contributed by atoms with Gasteiger partial charge >= 0.3 is 0 Å². The Hall–Kier alpha value is -2.59. The number of hydrogen-bond acceptors (Lipinski definition) is 4. The van der Waals surface area contributed by atoms with Gasteiger partial charge in [0.1, 0.15) is 11.5 Å². The predicted molar refractivity (Wildman–Crippen MR) is 84.4 cm³/mol. The van der Waals surface area contributed by atoms with E-state index in [-0.39, 0.29) is 40.2 Å². The second kappa shape index (κ2) is 4.70. The van der Waals surface area contributed by atoms with E-state index >= 15 is 0 Å². The van der Waals surface area contributed by atoms with E-state index in [2.05, 4.69) is 0 Å². The van der Waals surface area contributed by atoms with Crippen molar-refractivity contribution in [2.75, 3.05) is 0 Å². The molecule has 2 N–H and O–H groups in total. The number of fused-ring (bicyclic) bond motifs is 3. The molecule has 0 atom stereocenters. The normalized spacial score (nSPS) is 15.6. The molecule has 4 rings (SSSR count). The molecule has 114 valence electrons. The van der Waals surface area contributed by atoms with Crippen LogP contribution in [-0.4, -0.2) is 21.8 Å². The van der Waals surface area contributed by atoms with Gasteiger partial charge in [-0.05, 0) is 6.42 Å². The van der Waals surface area contributed by atoms with Gasteiger partial charge in [0.05, 0.1) is 11.1 Å². The molecule has 0 saturated heterocycles. The van der Waals surface area contributed by atoms with Gasteiger partial charge in [-0.2, -0.15) is 0 Å². The second-order valence-corrected chi connectivity index (χ2v) is 6.13. The summed E-state index contributed by atoms with van der Waals surface area (Å²) in [6, 6.07) is 6.41. The summed E-state index contributed by atoms with van der Waals surface area (Å²) in [5.74, 6) is -1.41. The van der Waals surface area contributed by atoms with Crippen LogP contribution >= 0.6 is 11.6 Å². The molecule has 5 heteroatoms. The summed E-state index contributed by atoms with van der Waals surface area (Å²) in [5, 5.41) is 21.6. The minimum atomic E-state index is -0.462. The van der Waals surface area contributed by atoms with Crippen LogP contribution < -0.4 is 0 Å². The van der Waals surface area contributed by atoms with Crippen LogP contribution in [0.5, 0.6) is 11.5 Å². The maximum absolute atomic E-state index is 12.7. The minimum absolute atomic E-state index is 0.114. The zero-order valence-electron chi connectivity index (χ0n) is 11.9. The fourth-order valence-corrected chi connectivity index (χ4v) is 3.49. The van der Waals surface area contributed by atoms with Crippen LogP contribution in [0.25, 0.3) is 0 Å². The molecule has 0 amide bonds. The Morgan fingerprint density at radius 3 is 1.96 bits per heavy atom. The Labute approximate surface area is 136 Å². The van der Waals surface area contributed by atoms with E-state index in [0.29, 0.717) is 22.6 Å². The highest BCUT2D eigenvalue weighted by Gasteiger charge is 2.37. The SMILES string of the molecule is O=C1c2ccccc2C(=O)c2c(O)c3c(c(O)c21)CC=C(Cl)C3. The fourth-order valence-electron chi connectivity index (χ4n) is 3.28. The monoisotopic (exact) mass is 326 g/mol. The maximum atomic E-state index is 12.7. The van der Waals surface area contributed by atoms with E-state index in [1.54, 1.807) is 30.3 Å². The van der Waals surface area contributed by atoms with E-state index in [9.17, 15) is 19.8 Å². The van der Waals surface area contributed by atoms with Crippen molar-refractivity contribution in [2.24, 2.45) is 0 Å². The number of carbonyl (C=O) groups excluding carboxylic acids is 2. The van der Waals surface area contributed by atoms with Crippen molar-refractivity contribution in [3.63, 3.8) is 0 Å². The molecule has 2 aliphatic rings. The lowest BCUT2D eigenvalue weighted by molar-refractivity contribution is 0.0974. The van der Waals surface area contributed by atoms with Crippen molar-refractivity contribution in [1.82, 2.24) is 0 Å². The average molecular weight is 327 g/mol. The number of carbonyl (C=O) groups is 2. The number of phenols is 2. The molecule has 0 saturated carbocycles. The summed E-state index contributed by atoms with van der Waals surface area (Å²) in [7, 11) is 0. The smallest absolute Gasteiger partial charge is 0.198 e. The quantitative estimate of drug-likeness (QED) is 0.622. The largest absolute Gasteiger partial charge is 0.507 e. The van der Waals surface area contributed by atoms with Crippen LogP contribution in [0.3, 0.4) is 0 Å². The highest BCUT2D eigenvalue weighted by atomic mass is 35.5. The van der Waals surface area contributed by atoms with Gasteiger partial charge in [0, 0.05) is 33.7 Å². The second-order valence-electron chi connectivity index (χ2n) is 5.64. The molecule has 23 heavy (non-hydrogen) atoms. The van der Waals surface area contributed by atoms with Crippen LogP contribution in [0.1, 0.15) is 43.0 Å². The van der Waals surface area contributed by atoms with Crippen molar-refractivity contribution in [1.29, 1.82) is 0 Å². The topological polar surface area (TPSA) is 74.6 Å². The molecule has 0 bridgehead atoms. The van der Waals surface area contributed by atoms with Crippen molar-refractivity contribution in [3.8, 4) is 11.5 Å². The highest BCUT2D eigenvalue weighted by Crippen LogP contribution is 2.45. The van der Waals surface area contributed by atoms with Gasteiger partial charge in [-0.15, -0.1) is 0 Å². The number of aromatic hydroxyl groups is 2. The third kappa shape index (κ3) is 1.79. The number of halogens is 1. The third-order valence-corrected chi connectivity index (χ3v) is 4.69. The number of rotatable bonds is 0. The standard InChI is InChI=1S/C18H11ClO4/c19-8-5-6-11-12(7-8)18(23)14-13(17(11)22)15(20)9-3-1-2-4-10(9)16(14)21/h1-5,22-23H,6-7H2. The van der Waals surface area contributed by atoms with E-state index < -0.39 is 11.6 Å². The summed E-state index contributed by atoms with van der Waals surface area (Å²) < 4.78 is 0. The third-order valence-electron chi connectivity index (χ3n) is 4.40. The number of benzene rings is 2. The summed E-state index contributed by atoms with van der Waals surface area (Å²) in [6.07, 6.45) is 2.26. The van der Waals surface area contributed by atoms with E-state index in [1.165, 1.54) is 0 Å². The Balaban J connectivity index is 2.07. The van der Waals surface area contributed by atoms with Crippen molar-refractivity contribution >= 4 is 23.2 Å². The summed E-state index contributed by atoms with van der Waals surface area (Å²) in [4.78, 5) is 25.4. The molecule has 0 spiro atoms. The number of hydrogen-bond donors (Lipinski definition) is 2.